The molecule has 0 aromatic heterocycles. The van der Waals surface area contributed by atoms with Crippen molar-refractivity contribution in [3.63, 3.8) is 0 Å². The van der Waals surface area contributed by atoms with Gasteiger partial charge in [-0.1, -0.05) is 20.8 Å². The number of carbonyl (C=O) groups is 1. The topological polar surface area (TPSA) is 100 Å². The number of fused-ring (bicyclic) bond motifs is 4. The van der Waals surface area contributed by atoms with Gasteiger partial charge in [-0.25, -0.2) is 19.6 Å². The number of alkyl halides is 6. The fourth-order valence-corrected chi connectivity index (χ4v) is 11.2. The summed E-state index contributed by atoms with van der Waals surface area (Å²) in [7, 11) is 0. The SMILES string of the molecule is C[C@@H]1CC[C@H]2C(C(=O)CCCCO[C@@]3(C(F)(F)F)O[C@@H]4O[C@]5(C)CCC6[C@H](C)CC[C@@H]([C@H]3C)[C@]64OO5)=C(C(F)(F)F)O[C@@H]3O[C@]4(C)CCC1[C@]32OO4. The van der Waals surface area contributed by atoms with Gasteiger partial charge in [0, 0.05) is 48.5 Å². The number of allylic oxidation sites excluding steroid dienone is 1. The maximum atomic E-state index is 15.2. The minimum atomic E-state index is -5.00. The number of unbranched alkanes of at least 4 members (excludes halogenated alkanes) is 1. The van der Waals surface area contributed by atoms with E-state index in [1.165, 1.54) is 6.92 Å². The van der Waals surface area contributed by atoms with Gasteiger partial charge >= 0.3 is 12.4 Å². The van der Waals surface area contributed by atoms with E-state index in [1.54, 1.807) is 13.8 Å². The number of ketones is 1. The zero-order valence-electron chi connectivity index (χ0n) is 30.0. The Morgan fingerprint density at radius 1 is 0.731 bits per heavy atom. The van der Waals surface area contributed by atoms with Crippen molar-refractivity contribution in [3.05, 3.63) is 11.3 Å². The number of rotatable bonds is 7. The Bertz CT molecular complexity index is 1470. The molecule has 2 aliphatic carbocycles. The van der Waals surface area contributed by atoms with E-state index in [-0.39, 0.29) is 49.4 Å². The molecule has 2 saturated carbocycles. The third-order valence-electron chi connectivity index (χ3n) is 13.9. The number of hydrogen-bond acceptors (Lipinski definition) is 10. The molecule has 10 nitrogen and oxygen atoms in total. The van der Waals surface area contributed by atoms with Crippen LogP contribution in [0.2, 0.25) is 0 Å². The maximum absolute atomic E-state index is 15.2. The standard InChI is InChI=1S/C36H48F6O10/c1-18-9-11-23-20(3)34(36(40,41)42,48-29-32(23)21(18)13-16-31(5,47-29)50-51-32)44-17-7-6-8-25(43)26-24-12-10-19(2)22-14-15-30(4)46-28(33(22,24)52-49-30)45-27(26)35(37,38)39/h18-24,28-29H,6-17H2,1-5H3/t18-,19-,20-,21?,22?,23+,24+,28-,29+,30+,31+,32-,33-,34-/m1/s1. The zero-order valence-corrected chi connectivity index (χ0v) is 30.0. The van der Waals surface area contributed by atoms with Crippen LogP contribution in [0.25, 0.3) is 0 Å². The highest BCUT2D eigenvalue weighted by atomic mass is 19.4. The van der Waals surface area contributed by atoms with E-state index in [4.69, 9.17) is 43.2 Å². The summed E-state index contributed by atoms with van der Waals surface area (Å²) in [6.45, 7) is 8.22. The van der Waals surface area contributed by atoms with Gasteiger partial charge in [-0.2, -0.15) is 26.3 Å². The lowest BCUT2D eigenvalue weighted by molar-refractivity contribution is -0.598. The molecule has 8 heterocycles. The number of hydrogen-bond donors (Lipinski definition) is 0. The number of halogens is 6. The van der Waals surface area contributed by atoms with Gasteiger partial charge in [0.1, 0.15) is 0 Å². The van der Waals surface area contributed by atoms with E-state index in [0.29, 0.717) is 44.9 Å². The monoisotopic (exact) mass is 754 g/mol. The van der Waals surface area contributed by atoms with Crippen LogP contribution in [0.3, 0.4) is 0 Å². The molecule has 9 fully saturated rings. The van der Waals surface area contributed by atoms with Gasteiger partial charge in [-0.3, -0.25) is 4.79 Å². The predicted octanol–water partition coefficient (Wildman–Crippen LogP) is 7.95. The van der Waals surface area contributed by atoms with Crippen LogP contribution in [0.15, 0.2) is 11.3 Å². The molecule has 16 heteroatoms. The normalized spacial score (nSPS) is 49.8. The number of carbonyl (C=O) groups excluding carboxylic acids is 1. The van der Waals surface area contributed by atoms with Crippen LogP contribution in [0.1, 0.15) is 105 Å². The zero-order chi connectivity index (χ0) is 37.3. The summed E-state index contributed by atoms with van der Waals surface area (Å²) >= 11 is 0. The van der Waals surface area contributed by atoms with Crippen LogP contribution in [0.4, 0.5) is 26.3 Å². The first-order valence-electron chi connectivity index (χ1n) is 18.8. The molecule has 8 aliphatic heterocycles. The average molecular weight is 755 g/mol. The quantitative estimate of drug-likeness (QED) is 0.145. The molecule has 2 spiro atoms. The van der Waals surface area contributed by atoms with Gasteiger partial charge in [-0.15, -0.1) is 0 Å². The van der Waals surface area contributed by atoms with E-state index in [2.05, 4.69) is 6.92 Å². The molecule has 14 atom stereocenters. The molecule has 0 N–H and O–H groups in total. The molecular weight excluding hydrogens is 706 g/mol. The summed E-state index contributed by atoms with van der Waals surface area (Å²) in [4.78, 5) is 37.2. The summed E-state index contributed by atoms with van der Waals surface area (Å²) in [5.41, 5.74) is -3.23. The molecule has 0 aromatic rings. The fraction of sp³-hybridized carbons (Fsp3) is 0.917. The van der Waals surface area contributed by atoms with Crippen molar-refractivity contribution in [1.82, 2.24) is 0 Å². The highest BCUT2D eigenvalue weighted by molar-refractivity contribution is 5.97. The summed E-state index contributed by atoms with van der Waals surface area (Å²) in [5.74, 6) is -11.0. The lowest BCUT2D eigenvalue weighted by Crippen LogP contribution is -2.76. The molecule has 2 unspecified atom stereocenters. The maximum Gasteiger partial charge on any atom is 0.449 e. The molecule has 10 rings (SSSR count). The Hall–Kier alpha value is -1.53. The Kier molecular flexibility index (Phi) is 8.80. The third kappa shape index (κ3) is 5.31. The highest BCUT2D eigenvalue weighted by Crippen LogP contribution is 2.65. The first kappa shape index (κ1) is 37.4. The first-order chi connectivity index (χ1) is 24.3. The van der Waals surface area contributed by atoms with Crippen molar-refractivity contribution >= 4 is 5.78 Å². The molecular formula is C36H48F6O10. The molecule has 4 bridgehead atoms. The van der Waals surface area contributed by atoms with E-state index >= 15 is 13.2 Å². The summed E-state index contributed by atoms with van der Waals surface area (Å²) in [6.07, 6.45) is -9.46. The smallest absolute Gasteiger partial charge is 0.449 e. The van der Waals surface area contributed by atoms with Crippen molar-refractivity contribution in [2.45, 2.75) is 159 Å². The molecule has 7 saturated heterocycles. The van der Waals surface area contributed by atoms with Crippen LogP contribution in [-0.2, 0) is 48.0 Å². The Morgan fingerprint density at radius 2 is 1.33 bits per heavy atom. The van der Waals surface area contributed by atoms with Gasteiger partial charge in [0.15, 0.2) is 23.3 Å². The Labute approximate surface area is 298 Å². The Balaban J connectivity index is 1.00. The van der Waals surface area contributed by atoms with Gasteiger partial charge in [0.25, 0.3) is 5.79 Å². The van der Waals surface area contributed by atoms with Crippen LogP contribution >= 0.6 is 0 Å². The molecule has 10 aliphatic rings. The van der Waals surface area contributed by atoms with E-state index in [1.807, 2.05) is 6.92 Å². The summed E-state index contributed by atoms with van der Waals surface area (Å²) in [6, 6.07) is 0. The second-order valence-electron chi connectivity index (χ2n) is 16.9. The average Bonchev–Trinajstić information content (AvgIpc) is 3.44. The second-order valence-corrected chi connectivity index (χ2v) is 16.9. The van der Waals surface area contributed by atoms with E-state index in [9.17, 15) is 18.0 Å². The van der Waals surface area contributed by atoms with E-state index in [0.717, 1.165) is 0 Å². The highest BCUT2D eigenvalue weighted by Gasteiger charge is 2.77. The van der Waals surface area contributed by atoms with Gasteiger partial charge in [0.05, 0.1) is 6.61 Å². The molecule has 0 amide bonds. The largest absolute Gasteiger partial charge is 0.456 e. The molecule has 294 valence electrons. The van der Waals surface area contributed by atoms with Crippen LogP contribution in [-0.4, -0.2) is 65.9 Å². The predicted molar refractivity (Wildman–Crippen MR) is 164 cm³/mol. The lowest BCUT2D eigenvalue weighted by atomic mass is 9.57. The van der Waals surface area contributed by atoms with Crippen LogP contribution in [0, 0.1) is 41.4 Å². The van der Waals surface area contributed by atoms with Crippen molar-refractivity contribution < 1.29 is 74.4 Å². The Morgan fingerprint density at radius 3 is 1.96 bits per heavy atom. The summed E-state index contributed by atoms with van der Waals surface area (Å²) in [5, 5.41) is 0. The fourth-order valence-electron chi connectivity index (χ4n) is 11.2. The first-order valence-corrected chi connectivity index (χ1v) is 18.8. The van der Waals surface area contributed by atoms with Gasteiger partial charge in [-0.05, 0) is 83.0 Å². The van der Waals surface area contributed by atoms with E-state index < -0.39 is 95.0 Å². The number of ether oxygens (including phenoxy) is 5. The second kappa shape index (κ2) is 12.2. The number of Topliss-reactive ketones (excluding diaryl/α,β-unsaturated/α-hetero) is 1. The lowest BCUT2D eigenvalue weighted by Gasteiger charge is -2.62. The minimum absolute atomic E-state index is 0.0413. The van der Waals surface area contributed by atoms with Crippen molar-refractivity contribution in [1.29, 1.82) is 0 Å². The third-order valence-corrected chi connectivity index (χ3v) is 13.9. The van der Waals surface area contributed by atoms with Crippen LogP contribution < -0.4 is 0 Å². The summed E-state index contributed by atoms with van der Waals surface area (Å²) < 4.78 is 119. The minimum Gasteiger partial charge on any atom is -0.456 e. The van der Waals surface area contributed by atoms with Crippen molar-refractivity contribution in [2.24, 2.45) is 41.4 Å². The van der Waals surface area contributed by atoms with Crippen molar-refractivity contribution in [2.75, 3.05) is 6.61 Å². The molecule has 0 aromatic carbocycles. The van der Waals surface area contributed by atoms with Crippen molar-refractivity contribution in [3.8, 4) is 0 Å². The molecule has 52 heavy (non-hydrogen) atoms. The molecule has 0 radical (unpaired) electrons. The van der Waals surface area contributed by atoms with Gasteiger partial charge < -0.3 is 23.7 Å². The van der Waals surface area contributed by atoms with Gasteiger partial charge in [0.2, 0.25) is 23.6 Å². The van der Waals surface area contributed by atoms with Crippen LogP contribution in [0.5, 0.6) is 0 Å².